The van der Waals surface area contributed by atoms with E-state index in [4.69, 9.17) is 9.15 Å². The van der Waals surface area contributed by atoms with Gasteiger partial charge in [0, 0.05) is 24.2 Å². The van der Waals surface area contributed by atoms with Crippen LogP contribution in [0, 0.1) is 17.0 Å². The Labute approximate surface area is 148 Å². The molecule has 1 aromatic carbocycles. The van der Waals surface area contributed by atoms with E-state index in [0.717, 1.165) is 11.4 Å². The zero-order valence-corrected chi connectivity index (χ0v) is 14.3. The summed E-state index contributed by atoms with van der Waals surface area (Å²) < 4.78 is 12.5. The minimum atomic E-state index is -0.576. The molecule has 0 aliphatic rings. The fourth-order valence-corrected chi connectivity index (χ4v) is 2.45. The number of amides is 1. The van der Waals surface area contributed by atoms with E-state index >= 15 is 0 Å². The van der Waals surface area contributed by atoms with Crippen molar-refractivity contribution in [2.75, 3.05) is 7.11 Å². The molecule has 2 heterocycles. The van der Waals surface area contributed by atoms with Crippen LogP contribution >= 0.6 is 0 Å². The van der Waals surface area contributed by atoms with Crippen LogP contribution in [0.25, 0.3) is 11.0 Å². The van der Waals surface area contributed by atoms with E-state index < -0.39 is 10.8 Å². The smallest absolute Gasteiger partial charge is 0.307 e. The van der Waals surface area contributed by atoms with E-state index in [1.807, 2.05) is 30.7 Å². The molecule has 3 rings (SSSR count). The zero-order chi connectivity index (χ0) is 18.8. The van der Waals surface area contributed by atoms with Crippen molar-refractivity contribution in [1.82, 2.24) is 9.99 Å². The summed E-state index contributed by atoms with van der Waals surface area (Å²) in [6.07, 6.45) is 1.51. The molecule has 9 heteroatoms. The van der Waals surface area contributed by atoms with E-state index in [2.05, 4.69) is 10.5 Å². The Kier molecular flexibility index (Phi) is 4.44. The number of hydrogen-bond donors (Lipinski definition) is 1. The number of non-ortho nitro benzene ring substituents is 1. The van der Waals surface area contributed by atoms with E-state index in [1.54, 1.807) is 0 Å². The van der Waals surface area contributed by atoms with Gasteiger partial charge < -0.3 is 13.7 Å². The van der Waals surface area contributed by atoms with Gasteiger partial charge in [0.2, 0.25) is 0 Å². The second-order valence-corrected chi connectivity index (χ2v) is 5.59. The van der Waals surface area contributed by atoms with Gasteiger partial charge in [-0.15, -0.1) is 0 Å². The number of rotatable bonds is 5. The lowest BCUT2D eigenvalue weighted by Gasteiger charge is -2.00. The van der Waals surface area contributed by atoms with Gasteiger partial charge >= 0.3 is 5.91 Å². The zero-order valence-electron chi connectivity index (χ0n) is 14.3. The van der Waals surface area contributed by atoms with Gasteiger partial charge in [0.1, 0.15) is 0 Å². The topological polar surface area (TPSA) is 112 Å². The number of nitrogens with one attached hydrogen (secondary N) is 1. The first-order valence-electron chi connectivity index (χ1n) is 7.62. The van der Waals surface area contributed by atoms with Crippen molar-refractivity contribution >= 4 is 28.8 Å². The largest absolute Gasteiger partial charge is 0.493 e. The number of hydrazone groups is 1. The third kappa shape index (κ3) is 3.14. The minimum Gasteiger partial charge on any atom is -0.493 e. The highest BCUT2D eigenvalue weighted by Crippen LogP contribution is 2.33. The van der Waals surface area contributed by atoms with Crippen molar-refractivity contribution < 1.29 is 18.9 Å². The highest BCUT2D eigenvalue weighted by molar-refractivity contribution is 5.98. The van der Waals surface area contributed by atoms with Crippen LogP contribution in [0.5, 0.6) is 5.75 Å². The first kappa shape index (κ1) is 17.2. The third-order valence-electron chi connectivity index (χ3n) is 4.00. The molecule has 0 atom stereocenters. The average molecular weight is 356 g/mol. The first-order valence-corrected chi connectivity index (χ1v) is 7.62. The number of fused-ring (bicyclic) bond motifs is 1. The maximum atomic E-state index is 12.2. The normalized spacial score (nSPS) is 11.2. The van der Waals surface area contributed by atoms with Gasteiger partial charge in [-0.3, -0.25) is 14.9 Å². The average Bonchev–Trinajstić information content (AvgIpc) is 3.19. The fraction of sp³-hybridized carbons (Fsp3) is 0.176. The summed E-state index contributed by atoms with van der Waals surface area (Å²) in [4.78, 5) is 22.6. The molecule has 0 saturated carbocycles. The molecule has 26 heavy (non-hydrogen) atoms. The number of hydrogen-bond acceptors (Lipinski definition) is 6. The van der Waals surface area contributed by atoms with E-state index in [-0.39, 0.29) is 22.8 Å². The van der Waals surface area contributed by atoms with Crippen LogP contribution in [0.3, 0.4) is 0 Å². The lowest BCUT2D eigenvalue weighted by molar-refractivity contribution is -0.384. The minimum absolute atomic E-state index is 0.0287. The monoisotopic (exact) mass is 356 g/mol. The number of furan rings is 1. The second kappa shape index (κ2) is 6.71. The van der Waals surface area contributed by atoms with E-state index in [0.29, 0.717) is 5.39 Å². The van der Waals surface area contributed by atoms with Gasteiger partial charge in [-0.25, -0.2) is 5.43 Å². The van der Waals surface area contributed by atoms with Crippen LogP contribution in [0.2, 0.25) is 0 Å². The highest BCUT2D eigenvalue weighted by Gasteiger charge is 2.19. The summed E-state index contributed by atoms with van der Waals surface area (Å²) in [6, 6.07) is 7.76. The van der Waals surface area contributed by atoms with Gasteiger partial charge in [-0.1, -0.05) is 0 Å². The Morgan fingerprint density at radius 3 is 2.77 bits per heavy atom. The van der Waals surface area contributed by atoms with Gasteiger partial charge in [-0.05, 0) is 25.1 Å². The maximum absolute atomic E-state index is 12.2. The molecule has 9 nitrogen and oxygen atoms in total. The molecular formula is C17H16N4O5. The Bertz CT molecular complexity index is 1030. The molecule has 2 aromatic heterocycles. The number of carbonyl (C=O) groups is 1. The summed E-state index contributed by atoms with van der Waals surface area (Å²) in [6.45, 7) is 1.96. The maximum Gasteiger partial charge on any atom is 0.307 e. The molecule has 1 N–H and O–H groups in total. The predicted molar refractivity (Wildman–Crippen MR) is 94.6 cm³/mol. The molecular weight excluding hydrogens is 340 g/mol. The van der Waals surface area contributed by atoms with Crippen molar-refractivity contribution in [3.8, 4) is 5.75 Å². The fourth-order valence-electron chi connectivity index (χ4n) is 2.45. The SMILES string of the molecule is COc1cc([N+](=O)[O-])cc2cc(C(=O)N/N=C/c3ccc(C)n3C)oc12. The molecule has 0 aliphatic carbocycles. The standard InChI is InChI=1S/C17H16N4O5/c1-10-4-5-12(20(10)2)9-18-19-17(22)15-7-11-6-13(21(23)24)8-14(25-3)16(11)26-15/h4-9H,1-3H3,(H,19,22)/b18-9+. The molecule has 134 valence electrons. The third-order valence-corrected chi connectivity index (χ3v) is 4.00. The van der Waals surface area contributed by atoms with Crippen LogP contribution < -0.4 is 10.2 Å². The molecule has 0 radical (unpaired) electrons. The van der Waals surface area contributed by atoms with Crippen LogP contribution in [-0.4, -0.2) is 28.7 Å². The Balaban J connectivity index is 1.84. The molecule has 0 unspecified atom stereocenters. The summed E-state index contributed by atoms with van der Waals surface area (Å²) in [5, 5.41) is 15.3. The van der Waals surface area contributed by atoms with Crippen molar-refractivity contribution in [3.05, 3.63) is 57.6 Å². The van der Waals surface area contributed by atoms with E-state index in [1.165, 1.54) is 31.5 Å². The summed E-state index contributed by atoms with van der Waals surface area (Å²) >= 11 is 0. The number of carbonyl (C=O) groups excluding carboxylic acids is 1. The lowest BCUT2D eigenvalue weighted by atomic mass is 10.2. The van der Waals surface area contributed by atoms with Gasteiger partial charge in [0.05, 0.1) is 30.0 Å². The number of ether oxygens (including phenoxy) is 1. The Morgan fingerprint density at radius 2 is 2.15 bits per heavy atom. The number of nitro benzene ring substituents is 1. The summed E-state index contributed by atoms with van der Waals surface area (Å²) in [5.74, 6) is -0.428. The Hall–Kier alpha value is -3.62. The summed E-state index contributed by atoms with van der Waals surface area (Å²) in [7, 11) is 3.25. The van der Waals surface area contributed by atoms with Crippen molar-refractivity contribution in [1.29, 1.82) is 0 Å². The van der Waals surface area contributed by atoms with Crippen molar-refractivity contribution in [2.45, 2.75) is 6.92 Å². The van der Waals surface area contributed by atoms with Gasteiger partial charge in [0.15, 0.2) is 17.1 Å². The Morgan fingerprint density at radius 1 is 1.38 bits per heavy atom. The summed E-state index contributed by atoms with van der Waals surface area (Å²) in [5.41, 5.74) is 4.35. The first-order chi connectivity index (χ1) is 12.4. The number of benzene rings is 1. The van der Waals surface area contributed by atoms with Crippen molar-refractivity contribution in [3.63, 3.8) is 0 Å². The number of nitro groups is 1. The van der Waals surface area contributed by atoms with Gasteiger partial charge in [-0.2, -0.15) is 5.10 Å². The quantitative estimate of drug-likeness (QED) is 0.429. The molecule has 1 amide bonds. The number of methoxy groups -OCH3 is 1. The molecule has 0 spiro atoms. The molecule has 3 aromatic rings. The predicted octanol–water partition coefficient (Wildman–Crippen LogP) is 2.76. The van der Waals surface area contributed by atoms with Crippen LogP contribution in [-0.2, 0) is 7.05 Å². The molecule has 0 bridgehead atoms. The van der Waals surface area contributed by atoms with Crippen molar-refractivity contribution in [2.24, 2.45) is 12.1 Å². The van der Waals surface area contributed by atoms with Crippen LogP contribution in [0.1, 0.15) is 21.9 Å². The van der Waals surface area contributed by atoms with Crippen LogP contribution in [0.4, 0.5) is 5.69 Å². The van der Waals surface area contributed by atoms with Crippen LogP contribution in [0.15, 0.2) is 39.9 Å². The van der Waals surface area contributed by atoms with E-state index in [9.17, 15) is 14.9 Å². The number of nitrogens with zero attached hydrogens (tertiary/aromatic N) is 3. The highest BCUT2D eigenvalue weighted by atomic mass is 16.6. The van der Waals surface area contributed by atoms with Gasteiger partial charge in [0.25, 0.3) is 5.69 Å². The molecule has 0 fully saturated rings. The lowest BCUT2D eigenvalue weighted by Crippen LogP contribution is -2.17. The molecule has 0 aliphatic heterocycles. The number of aromatic nitrogens is 1. The molecule has 0 saturated heterocycles. The second-order valence-electron chi connectivity index (χ2n) is 5.59. The number of aryl methyl sites for hydroxylation is 1.